The standard InChI is InChI=1S/C65H45N3/c1-4-18-44(19-5-1)48-22-16-24-51(40-48)60-43-61(52-25-17-23-49(41-52)45-20-6-2-7-21-45)67-64(66-60)47-36-34-46(35-37-47)50-38-39-55-54-28-10-11-29-56(54)65(59(55)42-50)57-30-12-14-32-62(57)68(53-26-8-3-9-27-53)63-33-15-13-31-58(63)65/h1-41,43,50H,42H2. The monoisotopic (exact) mass is 867 g/mol. The quantitative estimate of drug-likeness (QED) is 0.160. The van der Waals surface area contributed by atoms with Crippen LogP contribution in [0.1, 0.15) is 40.2 Å². The summed E-state index contributed by atoms with van der Waals surface area (Å²) in [6, 6.07) is 87.7. The van der Waals surface area contributed by atoms with E-state index in [0.29, 0.717) is 5.82 Å². The molecule has 1 atom stereocenters. The Labute approximate surface area is 397 Å². The molecular formula is C65H45N3. The van der Waals surface area contributed by atoms with Crippen LogP contribution in [0, 0.1) is 0 Å². The Morgan fingerprint density at radius 2 is 0.882 bits per heavy atom. The number of hydrogen-bond donors (Lipinski definition) is 0. The van der Waals surface area contributed by atoms with Gasteiger partial charge in [0.05, 0.1) is 28.2 Å². The third-order valence-electron chi connectivity index (χ3n) is 14.3. The predicted molar refractivity (Wildman–Crippen MR) is 280 cm³/mol. The van der Waals surface area contributed by atoms with Gasteiger partial charge >= 0.3 is 0 Å². The fourth-order valence-electron chi connectivity index (χ4n) is 11.2. The summed E-state index contributed by atoms with van der Waals surface area (Å²) in [5, 5.41) is 0. The molecule has 0 saturated heterocycles. The van der Waals surface area contributed by atoms with Crippen molar-refractivity contribution >= 4 is 22.6 Å². The van der Waals surface area contributed by atoms with Crippen molar-refractivity contribution in [1.82, 2.24) is 9.97 Å². The summed E-state index contributed by atoms with van der Waals surface area (Å²) in [6.45, 7) is 0. The summed E-state index contributed by atoms with van der Waals surface area (Å²) in [5.74, 6) is 0.872. The third kappa shape index (κ3) is 6.50. The van der Waals surface area contributed by atoms with Gasteiger partial charge in [-0.05, 0) is 110 Å². The maximum Gasteiger partial charge on any atom is 0.160 e. The zero-order chi connectivity index (χ0) is 45.0. The third-order valence-corrected chi connectivity index (χ3v) is 14.3. The van der Waals surface area contributed by atoms with E-state index < -0.39 is 5.41 Å². The van der Waals surface area contributed by atoms with Crippen LogP contribution < -0.4 is 4.90 Å². The van der Waals surface area contributed by atoms with Gasteiger partial charge in [-0.25, -0.2) is 9.97 Å². The average Bonchev–Trinajstić information content (AvgIpc) is 3.71. The van der Waals surface area contributed by atoms with Gasteiger partial charge in [0.2, 0.25) is 0 Å². The van der Waals surface area contributed by atoms with Gasteiger partial charge in [0, 0.05) is 28.3 Å². The maximum atomic E-state index is 5.31. The minimum absolute atomic E-state index is 0.171. The molecule has 0 amide bonds. The summed E-state index contributed by atoms with van der Waals surface area (Å²) in [6.07, 6.45) is 5.72. The molecule has 68 heavy (non-hydrogen) atoms. The van der Waals surface area contributed by atoms with Gasteiger partial charge in [0.25, 0.3) is 0 Å². The Kier molecular flexibility index (Phi) is 9.54. The lowest BCUT2D eigenvalue weighted by Crippen LogP contribution is -2.37. The number of fused-ring (bicyclic) bond motifs is 8. The van der Waals surface area contributed by atoms with Crippen LogP contribution in [0.2, 0.25) is 0 Å². The molecule has 0 bridgehead atoms. The first-order valence-electron chi connectivity index (χ1n) is 23.6. The molecule has 10 aromatic rings. The smallest absolute Gasteiger partial charge is 0.160 e. The van der Waals surface area contributed by atoms with Gasteiger partial charge in [-0.15, -0.1) is 0 Å². The molecule has 0 N–H and O–H groups in total. The van der Waals surface area contributed by atoms with Crippen LogP contribution >= 0.6 is 0 Å². The second-order valence-electron chi connectivity index (χ2n) is 18.0. The van der Waals surface area contributed by atoms with Crippen molar-refractivity contribution in [1.29, 1.82) is 0 Å². The van der Waals surface area contributed by atoms with Crippen molar-refractivity contribution in [2.45, 2.75) is 17.8 Å². The van der Waals surface area contributed by atoms with Crippen molar-refractivity contribution in [2.24, 2.45) is 0 Å². The Hall–Kier alpha value is -8.66. The highest BCUT2D eigenvalue weighted by Crippen LogP contribution is 2.64. The molecule has 2 heterocycles. The number of nitrogens with zero attached hydrogens (tertiary/aromatic N) is 3. The second kappa shape index (κ2) is 16.3. The van der Waals surface area contributed by atoms with E-state index in [1.165, 1.54) is 61.5 Å². The van der Waals surface area contributed by atoms with Crippen molar-refractivity contribution < 1.29 is 0 Å². The number of aromatic nitrogens is 2. The summed E-state index contributed by atoms with van der Waals surface area (Å²) in [7, 11) is 0. The molecular weight excluding hydrogens is 823 g/mol. The molecule has 3 nitrogen and oxygen atoms in total. The van der Waals surface area contributed by atoms with Gasteiger partial charge < -0.3 is 4.90 Å². The van der Waals surface area contributed by atoms with Crippen LogP contribution in [0.3, 0.4) is 0 Å². The van der Waals surface area contributed by atoms with Crippen LogP contribution in [0.25, 0.3) is 61.7 Å². The van der Waals surface area contributed by atoms with Crippen LogP contribution in [0.15, 0.2) is 260 Å². The molecule has 1 aromatic heterocycles. The van der Waals surface area contributed by atoms with E-state index in [4.69, 9.17) is 9.97 Å². The van der Waals surface area contributed by atoms with Gasteiger partial charge in [-0.1, -0.05) is 212 Å². The lowest BCUT2D eigenvalue weighted by atomic mass is 9.62. The number of rotatable bonds is 7. The molecule has 1 aliphatic heterocycles. The Bertz CT molecular complexity index is 3440. The lowest BCUT2D eigenvalue weighted by molar-refractivity contribution is 0.659. The molecule has 0 fully saturated rings. The molecule has 0 saturated carbocycles. The molecule has 1 unspecified atom stereocenters. The topological polar surface area (TPSA) is 29.0 Å². The van der Waals surface area contributed by atoms with Gasteiger partial charge in [0.1, 0.15) is 0 Å². The fourth-order valence-corrected chi connectivity index (χ4v) is 11.2. The Balaban J connectivity index is 0.896. The molecule has 3 heteroatoms. The number of benzene rings is 9. The Morgan fingerprint density at radius 1 is 0.397 bits per heavy atom. The number of para-hydroxylation sites is 3. The minimum atomic E-state index is -0.451. The molecule has 0 radical (unpaired) electrons. The van der Waals surface area contributed by atoms with Crippen molar-refractivity contribution in [2.75, 3.05) is 4.90 Å². The van der Waals surface area contributed by atoms with E-state index in [1.54, 1.807) is 0 Å². The normalized spacial score (nSPS) is 15.1. The van der Waals surface area contributed by atoms with Crippen molar-refractivity contribution in [3.05, 3.63) is 288 Å². The molecule has 320 valence electrons. The van der Waals surface area contributed by atoms with Crippen molar-refractivity contribution in [3.63, 3.8) is 0 Å². The van der Waals surface area contributed by atoms with E-state index in [-0.39, 0.29) is 5.92 Å². The second-order valence-corrected chi connectivity index (χ2v) is 18.0. The van der Waals surface area contributed by atoms with Crippen LogP contribution in [-0.4, -0.2) is 9.97 Å². The molecule has 13 rings (SSSR count). The van der Waals surface area contributed by atoms with E-state index >= 15 is 0 Å². The first kappa shape index (κ1) is 39.7. The van der Waals surface area contributed by atoms with Crippen LogP contribution in [-0.2, 0) is 5.41 Å². The summed E-state index contributed by atoms with van der Waals surface area (Å²) < 4.78 is 0. The molecule has 2 aliphatic carbocycles. The van der Waals surface area contributed by atoms with E-state index in [0.717, 1.165) is 51.3 Å². The zero-order valence-electron chi connectivity index (χ0n) is 37.4. The first-order chi connectivity index (χ1) is 33.7. The molecule has 9 aromatic carbocycles. The van der Waals surface area contributed by atoms with Crippen molar-refractivity contribution in [3.8, 4) is 56.2 Å². The van der Waals surface area contributed by atoms with E-state index in [1.807, 2.05) is 0 Å². The van der Waals surface area contributed by atoms with E-state index in [2.05, 4.69) is 260 Å². The predicted octanol–water partition coefficient (Wildman–Crippen LogP) is 16.4. The Morgan fingerprint density at radius 3 is 1.47 bits per heavy atom. The fraction of sp³-hybridized carbons (Fsp3) is 0.0462. The number of anilines is 3. The summed E-state index contributed by atoms with van der Waals surface area (Å²) in [5.41, 5.74) is 22.0. The van der Waals surface area contributed by atoms with Gasteiger partial charge in [-0.3, -0.25) is 0 Å². The van der Waals surface area contributed by atoms with Gasteiger partial charge in [-0.2, -0.15) is 0 Å². The van der Waals surface area contributed by atoms with E-state index in [9.17, 15) is 0 Å². The average molecular weight is 868 g/mol. The lowest BCUT2D eigenvalue weighted by Gasteiger charge is -2.46. The minimum Gasteiger partial charge on any atom is -0.310 e. The molecule has 1 spiro atoms. The highest BCUT2D eigenvalue weighted by Gasteiger charge is 2.53. The zero-order valence-corrected chi connectivity index (χ0v) is 37.4. The highest BCUT2D eigenvalue weighted by atomic mass is 15.2. The highest BCUT2D eigenvalue weighted by molar-refractivity contribution is 5.97. The number of allylic oxidation sites excluding steroid dienone is 4. The number of hydrogen-bond acceptors (Lipinski definition) is 3. The summed E-state index contributed by atoms with van der Waals surface area (Å²) in [4.78, 5) is 13.1. The van der Waals surface area contributed by atoms with Crippen LogP contribution in [0.5, 0.6) is 0 Å². The first-order valence-corrected chi connectivity index (χ1v) is 23.6. The van der Waals surface area contributed by atoms with Gasteiger partial charge in [0.15, 0.2) is 5.82 Å². The largest absolute Gasteiger partial charge is 0.310 e. The molecule has 3 aliphatic rings. The summed E-state index contributed by atoms with van der Waals surface area (Å²) >= 11 is 0. The van der Waals surface area contributed by atoms with Crippen LogP contribution in [0.4, 0.5) is 17.1 Å². The SMILES string of the molecule is C1=CC(c2ccc(-c3nc(-c4cccc(-c5ccccc5)c4)cc(-c4cccc(-c5ccccc5)c4)n3)cc2)CC2=C1c1ccccc1C21c2ccccc2N(c2ccccc2)c2ccccc21. The maximum absolute atomic E-state index is 5.31.